The number of nitrogens with two attached hydrogens (primary N) is 1. The van der Waals surface area contributed by atoms with Gasteiger partial charge in [-0.15, -0.1) is 11.3 Å². The highest BCUT2D eigenvalue weighted by Gasteiger charge is 2.15. The number of thiazole rings is 1. The van der Waals surface area contributed by atoms with Crippen LogP contribution in [0.4, 0.5) is 0 Å². The second kappa shape index (κ2) is 9.65. The number of amides is 1. The Morgan fingerprint density at radius 2 is 2.20 bits per heavy atom. The second-order valence-corrected chi connectivity index (χ2v) is 7.19. The van der Waals surface area contributed by atoms with E-state index >= 15 is 0 Å². The summed E-state index contributed by atoms with van der Waals surface area (Å²) in [6.07, 6.45) is 2.89. The molecule has 0 aliphatic heterocycles. The van der Waals surface area contributed by atoms with Gasteiger partial charge in [-0.1, -0.05) is 0 Å². The van der Waals surface area contributed by atoms with Gasteiger partial charge in [0, 0.05) is 23.6 Å². The number of ether oxygens (including phenoxy) is 2. The highest BCUT2D eigenvalue weighted by molar-refractivity contribution is 7.98. The molecule has 0 saturated heterocycles. The molecule has 2 aromatic rings. The topological polar surface area (TPSA) is 86.5 Å². The van der Waals surface area contributed by atoms with Crippen molar-refractivity contribution in [3.05, 3.63) is 39.8 Å². The van der Waals surface area contributed by atoms with Crippen LogP contribution >= 0.6 is 23.1 Å². The number of carbonyl (C=O) groups excluding carboxylic acids is 1. The van der Waals surface area contributed by atoms with Crippen LogP contribution in [0.2, 0.25) is 0 Å². The fourth-order valence-corrected chi connectivity index (χ4v) is 3.52. The number of rotatable bonds is 9. The number of nitrogens with zero attached hydrogens (tertiary/aromatic N) is 1. The number of nitrogens with one attached hydrogen (secondary N) is 1. The van der Waals surface area contributed by atoms with Crippen LogP contribution < -0.4 is 20.5 Å². The van der Waals surface area contributed by atoms with E-state index in [9.17, 15) is 4.79 Å². The molecular formula is C17H23N3O3S2. The van der Waals surface area contributed by atoms with Crippen molar-refractivity contribution >= 4 is 29.0 Å². The van der Waals surface area contributed by atoms with Crippen molar-refractivity contribution < 1.29 is 14.3 Å². The summed E-state index contributed by atoms with van der Waals surface area (Å²) in [7, 11) is 3.18. The number of thioether (sulfide) groups is 1. The minimum atomic E-state index is -0.225. The predicted molar refractivity (Wildman–Crippen MR) is 103 cm³/mol. The lowest BCUT2D eigenvalue weighted by Gasteiger charge is -2.11. The summed E-state index contributed by atoms with van der Waals surface area (Å²) in [6, 6.07) is 5.35. The molecule has 0 spiro atoms. The highest BCUT2D eigenvalue weighted by Crippen LogP contribution is 2.25. The largest absolute Gasteiger partial charge is 0.497 e. The monoisotopic (exact) mass is 381 g/mol. The normalized spacial score (nSPS) is 11.8. The Labute approximate surface area is 156 Å². The third-order valence-corrected chi connectivity index (χ3v) is 5.26. The van der Waals surface area contributed by atoms with Crippen LogP contribution in [-0.2, 0) is 6.54 Å². The van der Waals surface area contributed by atoms with Crippen LogP contribution in [0.3, 0.4) is 0 Å². The Kier molecular flexibility index (Phi) is 7.54. The van der Waals surface area contributed by atoms with Gasteiger partial charge >= 0.3 is 0 Å². The first-order chi connectivity index (χ1) is 12.1. The van der Waals surface area contributed by atoms with Gasteiger partial charge in [0.2, 0.25) is 0 Å². The molecule has 6 nitrogen and oxygen atoms in total. The fraction of sp³-hybridized carbons (Fsp3) is 0.412. The van der Waals surface area contributed by atoms with Crippen LogP contribution in [0.5, 0.6) is 11.5 Å². The Bertz CT molecular complexity index is 706. The molecule has 3 N–H and O–H groups in total. The predicted octanol–water partition coefficient (Wildman–Crippen LogP) is 2.84. The number of hydrogen-bond donors (Lipinski definition) is 2. The molecule has 0 saturated carbocycles. The Balaban J connectivity index is 1.98. The van der Waals surface area contributed by atoms with Crippen LogP contribution in [0.15, 0.2) is 23.6 Å². The lowest BCUT2D eigenvalue weighted by molar-refractivity contribution is 0.0946. The molecule has 0 bridgehead atoms. The minimum Gasteiger partial charge on any atom is -0.497 e. The maximum absolute atomic E-state index is 12.3. The smallest absolute Gasteiger partial charge is 0.271 e. The van der Waals surface area contributed by atoms with Gasteiger partial charge in [0.1, 0.15) is 22.2 Å². The van der Waals surface area contributed by atoms with E-state index in [-0.39, 0.29) is 11.9 Å². The first kappa shape index (κ1) is 19.6. The molecular weight excluding hydrogens is 358 g/mol. The zero-order chi connectivity index (χ0) is 18.2. The average Bonchev–Trinajstić information content (AvgIpc) is 3.14. The molecule has 2 rings (SSSR count). The Morgan fingerprint density at radius 3 is 2.88 bits per heavy atom. The SMILES string of the molecule is COc1ccc(CNC(=O)c2csc(C(N)CCSC)n2)c(OC)c1. The summed E-state index contributed by atoms with van der Waals surface area (Å²) in [4.78, 5) is 16.7. The number of methoxy groups -OCH3 is 2. The van der Waals surface area contributed by atoms with Crippen molar-refractivity contribution in [1.82, 2.24) is 10.3 Å². The van der Waals surface area contributed by atoms with Crippen LogP contribution in [0.25, 0.3) is 0 Å². The maximum atomic E-state index is 12.3. The van der Waals surface area contributed by atoms with Crippen molar-refractivity contribution in [1.29, 1.82) is 0 Å². The molecule has 0 fully saturated rings. The van der Waals surface area contributed by atoms with Gasteiger partial charge < -0.3 is 20.5 Å². The third-order valence-electron chi connectivity index (χ3n) is 3.64. The zero-order valence-corrected chi connectivity index (χ0v) is 16.2. The molecule has 25 heavy (non-hydrogen) atoms. The summed E-state index contributed by atoms with van der Waals surface area (Å²) in [5, 5.41) is 5.40. The highest BCUT2D eigenvalue weighted by atomic mass is 32.2. The molecule has 1 aromatic carbocycles. The molecule has 0 radical (unpaired) electrons. The van der Waals surface area contributed by atoms with Gasteiger partial charge in [-0.3, -0.25) is 4.79 Å². The van der Waals surface area contributed by atoms with Gasteiger partial charge in [-0.2, -0.15) is 11.8 Å². The molecule has 136 valence electrons. The number of aromatic nitrogens is 1. The van der Waals surface area contributed by atoms with E-state index in [4.69, 9.17) is 15.2 Å². The van der Waals surface area contributed by atoms with Gasteiger partial charge in [-0.25, -0.2) is 4.98 Å². The summed E-state index contributed by atoms with van der Waals surface area (Å²) in [5.41, 5.74) is 7.36. The van der Waals surface area contributed by atoms with E-state index < -0.39 is 0 Å². The summed E-state index contributed by atoms with van der Waals surface area (Å²) >= 11 is 3.17. The lowest BCUT2D eigenvalue weighted by Crippen LogP contribution is -2.23. The minimum absolute atomic E-state index is 0.124. The van der Waals surface area contributed by atoms with E-state index in [0.29, 0.717) is 23.7 Å². The quantitative estimate of drug-likeness (QED) is 0.695. The molecule has 1 aromatic heterocycles. The van der Waals surface area contributed by atoms with Crippen molar-refractivity contribution in [2.24, 2.45) is 5.73 Å². The summed E-state index contributed by atoms with van der Waals surface area (Å²) < 4.78 is 10.5. The molecule has 1 atom stereocenters. The van der Waals surface area contributed by atoms with Crippen LogP contribution in [0, 0.1) is 0 Å². The van der Waals surface area contributed by atoms with E-state index in [1.807, 2.05) is 18.4 Å². The van der Waals surface area contributed by atoms with Crippen molar-refractivity contribution in [3.63, 3.8) is 0 Å². The van der Waals surface area contributed by atoms with Crippen molar-refractivity contribution in [2.45, 2.75) is 19.0 Å². The van der Waals surface area contributed by atoms with E-state index in [1.54, 1.807) is 37.4 Å². The van der Waals surface area contributed by atoms with Crippen LogP contribution in [-0.4, -0.2) is 37.1 Å². The van der Waals surface area contributed by atoms with E-state index in [0.717, 1.165) is 22.7 Å². The van der Waals surface area contributed by atoms with E-state index in [1.165, 1.54) is 11.3 Å². The Morgan fingerprint density at radius 1 is 1.40 bits per heavy atom. The molecule has 8 heteroatoms. The molecule has 1 unspecified atom stereocenters. The van der Waals surface area contributed by atoms with Crippen molar-refractivity contribution in [3.8, 4) is 11.5 Å². The number of carbonyl (C=O) groups is 1. The van der Waals surface area contributed by atoms with Gasteiger partial charge in [0.25, 0.3) is 5.91 Å². The van der Waals surface area contributed by atoms with E-state index in [2.05, 4.69) is 10.3 Å². The molecule has 1 heterocycles. The number of hydrogen-bond acceptors (Lipinski definition) is 7. The molecule has 0 aliphatic rings. The number of benzene rings is 1. The third kappa shape index (κ3) is 5.35. The second-order valence-electron chi connectivity index (χ2n) is 5.32. The summed E-state index contributed by atoms with van der Waals surface area (Å²) in [5.74, 6) is 2.12. The standard InChI is InChI=1S/C17H23N3O3S2/c1-22-12-5-4-11(15(8-12)23-2)9-19-16(21)14-10-25-17(20-14)13(18)6-7-24-3/h4-5,8,10,13H,6-7,9,18H2,1-3H3,(H,19,21). The maximum Gasteiger partial charge on any atom is 0.271 e. The average molecular weight is 382 g/mol. The lowest BCUT2D eigenvalue weighted by atomic mass is 10.2. The van der Waals surface area contributed by atoms with Gasteiger partial charge in [0.05, 0.1) is 20.3 Å². The Hall–Kier alpha value is -1.77. The fourth-order valence-electron chi connectivity index (χ4n) is 2.19. The van der Waals surface area contributed by atoms with Crippen molar-refractivity contribution in [2.75, 3.05) is 26.2 Å². The molecule has 1 amide bonds. The first-order valence-corrected chi connectivity index (χ1v) is 10.1. The summed E-state index contributed by atoms with van der Waals surface area (Å²) in [6.45, 7) is 0.345. The first-order valence-electron chi connectivity index (χ1n) is 7.78. The van der Waals surface area contributed by atoms with Crippen LogP contribution in [0.1, 0.15) is 33.5 Å². The molecule has 0 aliphatic carbocycles. The zero-order valence-electron chi connectivity index (χ0n) is 14.6. The van der Waals surface area contributed by atoms with Gasteiger partial charge in [0.15, 0.2) is 0 Å². The van der Waals surface area contributed by atoms with Gasteiger partial charge in [-0.05, 0) is 30.6 Å².